The maximum absolute atomic E-state index is 13.1. The van der Waals surface area contributed by atoms with Crippen LogP contribution in [0.1, 0.15) is 23.4 Å². The molecule has 4 heterocycles. The molecule has 1 amide bonds. The van der Waals surface area contributed by atoms with Crippen molar-refractivity contribution in [3.8, 4) is 11.3 Å². The number of fused-ring (bicyclic) bond motifs is 1. The quantitative estimate of drug-likeness (QED) is 0.516. The molecule has 1 N–H and O–H groups in total. The topological polar surface area (TPSA) is 119 Å². The van der Waals surface area contributed by atoms with E-state index in [0.717, 1.165) is 11.3 Å². The van der Waals surface area contributed by atoms with Gasteiger partial charge in [-0.1, -0.05) is 30.3 Å². The average molecular weight is 434 g/mol. The maximum Gasteiger partial charge on any atom is 0.291 e. The van der Waals surface area contributed by atoms with E-state index >= 15 is 0 Å². The molecular formula is C22H22N6O4. The van der Waals surface area contributed by atoms with Crippen LogP contribution in [-0.4, -0.2) is 58.9 Å². The maximum atomic E-state index is 13.1. The third-order valence-corrected chi connectivity index (χ3v) is 5.95. The highest BCUT2D eigenvalue weighted by atomic mass is 16.3. The van der Waals surface area contributed by atoms with Gasteiger partial charge in [0.25, 0.3) is 11.5 Å². The fraction of sp³-hybridized carbons (Fsp3) is 0.318. The molecule has 0 atom stereocenters. The van der Waals surface area contributed by atoms with Crippen molar-refractivity contribution in [1.29, 1.82) is 0 Å². The number of aryl methyl sites for hydroxylation is 1. The van der Waals surface area contributed by atoms with Crippen LogP contribution in [0.25, 0.3) is 22.3 Å². The van der Waals surface area contributed by atoms with Gasteiger partial charge in [-0.25, -0.2) is 9.97 Å². The van der Waals surface area contributed by atoms with Crippen molar-refractivity contribution in [3.05, 3.63) is 65.4 Å². The summed E-state index contributed by atoms with van der Waals surface area (Å²) in [5.74, 6) is -0.0857. The standard InChI is InChI=1S/C22H22N6O4/c1-26-19(15-5-3-2-4-6-15)17-18(25-26)21(30)28(13-24-17)12-22(31)7-9-27(10-8-22)20(29)16-11-23-14-32-16/h2-6,11,13-14,31H,7-10,12H2,1H3. The Kier molecular flexibility index (Phi) is 4.86. The number of amides is 1. The Morgan fingerprint density at radius 1 is 1.19 bits per heavy atom. The van der Waals surface area contributed by atoms with E-state index in [-0.39, 0.29) is 29.3 Å². The molecule has 32 heavy (non-hydrogen) atoms. The molecule has 0 spiro atoms. The summed E-state index contributed by atoms with van der Waals surface area (Å²) in [4.78, 5) is 35.4. The molecule has 1 fully saturated rings. The van der Waals surface area contributed by atoms with Crippen LogP contribution in [0.15, 0.2) is 58.5 Å². The first kappa shape index (κ1) is 20.1. The molecule has 0 bridgehead atoms. The first-order valence-electron chi connectivity index (χ1n) is 10.3. The Morgan fingerprint density at radius 2 is 1.94 bits per heavy atom. The molecule has 1 aliphatic rings. The van der Waals surface area contributed by atoms with Crippen LogP contribution in [0.2, 0.25) is 0 Å². The summed E-state index contributed by atoms with van der Waals surface area (Å²) >= 11 is 0. The first-order valence-corrected chi connectivity index (χ1v) is 10.3. The summed E-state index contributed by atoms with van der Waals surface area (Å²) in [5, 5.41) is 15.5. The highest BCUT2D eigenvalue weighted by Crippen LogP contribution is 2.27. The zero-order chi connectivity index (χ0) is 22.3. The third kappa shape index (κ3) is 3.48. The summed E-state index contributed by atoms with van der Waals surface area (Å²) in [5.41, 5.74) is 1.04. The predicted octanol–water partition coefficient (Wildman–Crippen LogP) is 1.45. The number of carbonyl (C=O) groups is 1. The molecule has 164 valence electrons. The zero-order valence-electron chi connectivity index (χ0n) is 17.5. The Bertz CT molecular complexity index is 1320. The number of aromatic nitrogens is 5. The summed E-state index contributed by atoms with van der Waals surface area (Å²) in [6.45, 7) is 0.779. The molecule has 1 aliphatic heterocycles. The van der Waals surface area contributed by atoms with Crippen molar-refractivity contribution >= 4 is 16.9 Å². The van der Waals surface area contributed by atoms with Gasteiger partial charge in [0.2, 0.25) is 5.76 Å². The van der Waals surface area contributed by atoms with Gasteiger partial charge in [0, 0.05) is 25.7 Å². The molecule has 5 rings (SSSR count). The van der Waals surface area contributed by atoms with Crippen molar-refractivity contribution in [2.24, 2.45) is 7.05 Å². The molecule has 1 saturated heterocycles. The molecule has 3 aromatic heterocycles. The molecule has 0 unspecified atom stereocenters. The number of benzene rings is 1. The number of aliphatic hydroxyl groups is 1. The number of piperidine rings is 1. The van der Waals surface area contributed by atoms with Crippen molar-refractivity contribution in [2.75, 3.05) is 13.1 Å². The minimum absolute atomic E-state index is 0.0797. The van der Waals surface area contributed by atoms with Gasteiger partial charge in [0.15, 0.2) is 11.9 Å². The number of hydrogen-bond acceptors (Lipinski definition) is 7. The summed E-state index contributed by atoms with van der Waals surface area (Å²) in [7, 11) is 1.78. The largest absolute Gasteiger partial charge is 0.438 e. The highest BCUT2D eigenvalue weighted by molar-refractivity contribution is 5.91. The molecule has 4 aromatic rings. The van der Waals surface area contributed by atoms with Gasteiger partial charge in [-0.3, -0.25) is 18.8 Å². The highest BCUT2D eigenvalue weighted by Gasteiger charge is 2.35. The van der Waals surface area contributed by atoms with Gasteiger partial charge in [-0.05, 0) is 12.8 Å². The van der Waals surface area contributed by atoms with Crippen molar-refractivity contribution < 1.29 is 14.3 Å². The van der Waals surface area contributed by atoms with Gasteiger partial charge in [0.05, 0.1) is 30.4 Å². The van der Waals surface area contributed by atoms with Gasteiger partial charge in [-0.15, -0.1) is 0 Å². The van der Waals surface area contributed by atoms with Crippen LogP contribution >= 0.6 is 0 Å². The van der Waals surface area contributed by atoms with E-state index in [1.165, 1.54) is 23.5 Å². The lowest BCUT2D eigenvalue weighted by atomic mass is 9.91. The van der Waals surface area contributed by atoms with Gasteiger partial charge in [-0.2, -0.15) is 5.10 Å². The fourth-order valence-corrected chi connectivity index (χ4v) is 4.21. The summed E-state index contributed by atoms with van der Waals surface area (Å²) < 4.78 is 8.12. The predicted molar refractivity (Wildman–Crippen MR) is 115 cm³/mol. The van der Waals surface area contributed by atoms with Crippen molar-refractivity contribution in [2.45, 2.75) is 25.0 Å². The molecule has 1 aromatic carbocycles. The number of rotatable bonds is 4. The summed E-state index contributed by atoms with van der Waals surface area (Å²) in [6.07, 6.45) is 4.70. The van der Waals surface area contributed by atoms with Crippen LogP contribution in [0.4, 0.5) is 0 Å². The van der Waals surface area contributed by atoms with Gasteiger partial charge < -0.3 is 14.4 Å². The Labute approximate surface area is 182 Å². The third-order valence-electron chi connectivity index (χ3n) is 5.95. The fourth-order valence-electron chi connectivity index (χ4n) is 4.21. The van der Waals surface area contributed by atoms with E-state index in [1.807, 2.05) is 30.3 Å². The van der Waals surface area contributed by atoms with Gasteiger partial charge in [0.1, 0.15) is 5.52 Å². The minimum atomic E-state index is -1.13. The van der Waals surface area contributed by atoms with Crippen LogP contribution in [-0.2, 0) is 13.6 Å². The number of oxazole rings is 1. The normalized spacial score (nSPS) is 15.9. The van der Waals surface area contributed by atoms with Crippen LogP contribution < -0.4 is 5.56 Å². The van der Waals surface area contributed by atoms with Crippen LogP contribution in [0.5, 0.6) is 0 Å². The Morgan fingerprint density at radius 3 is 2.62 bits per heavy atom. The second-order valence-corrected chi connectivity index (χ2v) is 8.10. The first-order chi connectivity index (χ1) is 15.5. The molecule has 10 nitrogen and oxygen atoms in total. The summed E-state index contributed by atoms with van der Waals surface area (Å²) in [6, 6.07) is 9.66. The minimum Gasteiger partial charge on any atom is -0.438 e. The smallest absolute Gasteiger partial charge is 0.291 e. The number of carbonyl (C=O) groups excluding carboxylic acids is 1. The van der Waals surface area contributed by atoms with E-state index in [9.17, 15) is 14.7 Å². The van der Waals surface area contributed by atoms with E-state index < -0.39 is 5.60 Å². The Balaban J connectivity index is 1.37. The zero-order valence-corrected chi connectivity index (χ0v) is 17.5. The number of likely N-dealkylation sites (tertiary alicyclic amines) is 1. The second kappa shape index (κ2) is 7.72. The molecule has 0 radical (unpaired) electrons. The molecule has 0 aliphatic carbocycles. The average Bonchev–Trinajstić information content (AvgIpc) is 3.45. The lowest BCUT2D eigenvalue weighted by Gasteiger charge is -2.38. The van der Waals surface area contributed by atoms with Crippen LogP contribution in [0.3, 0.4) is 0 Å². The lowest BCUT2D eigenvalue weighted by molar-refractivity contribution is -0.0304. The second-order valence-electron chi connectivity index (χ2n) is 8.10. The molecule has 10 heteroatoms. The van der Waals surface area contributed by atoms with E-state index in [0.29, 0.717) is 31.4 Å². The van der Waals surface area contributed by atoms with Crippen molar-refractivity contribution in [1.82, 2.24) is 29.2 Å². The molecular weight excluding hydrogens is 412 g/mol. The lowest BCUT2D eigenvalue weighted by Crippen LogP contribution is -2.49. The number of nitrogens with zero attached hydrogens (tertiary/aromatic N) is 6. The monoisotopic (exact) mass is 434 g/mol. The van der Waals surface area contributed by atoms with E-state index in [1.54, 1.807) is 16.6 Å². The SMILES string of the molecule is Cn1nc2c(=O)n(CC3(O)CCN(C(=O)c4cnco4)CC3)cnc2c1-c1ccccc1. The van der Waals surface area contributed by atoms with E-state index in [2.05, 4.69) is 15.1 Å². The van der Waals surface area contributed by atoms with E-state index in [4.69, 9.17) is 4.42 Å². The molecule has 0 saturated carbocycles. The Hall–Kier alpha value is -3.79. The number of hydrogen-bond donors (Lipinski definition) is 1. The van der Waals surface area contributed by atoms with Gasteiger partial charge >= 0.3 is 0 Å². The van der Waals surface area contributed by atoms with Crippen LogP contribution in [0, 0.1) is 0 Å². The van der Waals surface area contributed by atoms with Crippen molar-refractivity contribution in [3.63, 3.8) is 0 Å².